The Bertz CT molecular complexity index is 130. The first-order chi connectivity index (χ1) is 6.50. The van der Waals surface area contributed by atoms with Gasteiger partial charge in [0.05, 0.1) is 6.26 Å². The van der Waals surface area contributed by atoms with Crippen molar-refractivity contribution in [2.45, 2.75) is 25.7 Å². The molecular formula is C11H18O2. The molecule has 2 heterocycles. The van der Waals surface area contributed by atoms with Crippen molar-refractivity contribution in [1.82, 2.24) is 0 Å². The summed E-state index contributed by atoms with van der Waals surface area (Å²) in [7, 11) is 0. The van der Waals surface area contributed by atoms with Crippen LogP contribution in [0.5, 0.6) is 0 Å². The van der Waals surface area contributed by atoms with Gasteiger partial charge in [0, 0.05) is 13.2 Å². The summed E-state index contributed by atoms with van der Waals surface area (Å²) < 4.78 is 10.00. The first-order valence-electron chi connectivity index (χ1n) is 5.01. The van der Waals surface area contributed by atoms with E-state index in [4.69, 9.17) is 9.47 Å². The second-order valence-corrected chi connectivity index (χ2v) is 3.12. The third-order valence-corrected chi connectivity index (χ3v) is 1.94. The molecule has 0 atom stereocenters. The van der Waals surface area contributed by atoms with Crippen LogP contribution in [0.4, 0.5) is 0 Å². The Morgan fingerprint density at radius 1 is 0.846 bits per heavy atom. The smallest absolute Gasteiger partial charge is 0.106 e. The number of hydrogen-bond acceptors (Lipinski definition) is 2. The van der Waals surface area contributed by atoms with Gasteiger partial charge in [0.25, 0.3) is 0 Å². The van der Waals surface area contributed by atoms with E-state index in [1.807, 2.05) is 18.2 Å². The minimum absolute atomic E-state index is 0.733. The van der Waals surface area contributed by atoms with Crippen LogP contribution in [0.25, 0.3) is 0 Å². The molecule has 0 amide bonds. The summed E-state index contributed by atoms with van der Waals surface area (Å²) in [6.45, 7) is 2.73. The number of rotatable bonds is 0. The lowest BCUT2D eigenvalue weighted by Gasteiger charge is -1.94. The highest BCUT2D eigenvalue weighted by Crippen LogP contribution is 2.04. The van der Waals surface area contributed by atoms with Gasteiger partial charge in [-0.15, -0.1) is 0 Å². The van der Waals surface area contributed by atoms with E-state index in [2.05, 4.69) is 0 Å². The molecule has 0 aliphatic carbocycles. The Balaban J connectivity index is 0.000000132. The molecule has 1 saturated heterocycles. The molecule has 0 radical (unpaired) electrons. The molecule has 0 unspecified atom stereocenters. The van der Waals surface area contributed by atoms with Crippen molar-refractivity contribution >= 4 is 0 Å². The van der Waals surface area contributed by atoms with Crippen LogP contribution < -0.4 is 0 Å². The number of allylic oxidation sites excluding steroid dienone is 2. The zero-order valence-corrected chi connectivity index (χ0v) is 8.08. The van der Waals surface area contributed by atoms with Crippen LogP contribution >= 0.6 is 0 Å². The molecule has 74 valence electrons. The molecule has 0 saturated carbocycles. The Kier molecular flexibility index (Phi) is 6.25. The van der Waals surface area contributed by atoms with Gasteiger partial charge in [0.1, 0.15) is 6.61 Å². The van der Waals surface area contributed by atoms with Crippen LogP contribution in [0.2, 0.25) is 0 Å². The van der Waals surface area contributed by atoms with E-state index < -0.39 is 0 Å². The second-order valence-electron chi connectivity index (χ2n) is 3.12. The van der Waals surface area contributed by atoms with Gasteiger partial charge in [-0.1, -0.05) is 18.9 Å². The van der Waals surface area contributed by atoms with E-state index in [9.17, 15) is 0 Å². The summed E-state index contributed by atoms with van der Waals surface area (Å²) in [5, 5.41) is 0. The molecular weight excluding hydrogens is 164 g/mol. The summed E-state index contributed by atoms with van der Waals surface area (Å²) in [6, 6.07) is 0. The number of ether oxygens (including phenoxy) is 2. The Morgan fingerprint density at radius 2 is 1.62 bits per heavy atom. The molecule has 0 N–H and O–H groups in total. The van der Waals surface area contributed by atoms with Gasteiger partial charge in [-0.25, -0.2) is 0 Å². The SMILES string of the molecule is C1=CCOC=C1.C1CCCOCC1. The Hall–Kier alpha value is -0.760. The van der Waals surface area contributed by atoms with E-state index >= 15 is 0 Å². The maximum Gasteiger partial charge on any atom is 0.106 e. The summed E-state index contributed by atoms with van der Waals surface area (Å²) in [5.74, 6) is 0. The summed E-state index contributed by atoms with van der Waals surface area (Å²) in [6.07, 6.45) is 12.8. The Morgan fingerprint density at radius 3 is 2.00 bits per heavy atom. The van der Waals surface area contributed by atoms with Crippen molar-refractivity contribution < 1.29 is 9.47 Å². The van der Waals surface area contributed by atoms with Gasteiger partial charge in [-0.05, 0) is 25.0 Å². The molecule has 0 spiro atoms. The molecule has 2 rings (SSSR count). The van der Waals surface area contributed by atoms with E-state index in [1.165, 1.54) is 25.7 Å². The fraction of sp³-hybridized carbons (Fsp3) is 0.636. The highest BCUT2D eigenvalue weighted by atomic mass is 16.5. The van der Waals surface area contributed by atoms with E-state index in [-0.39, 0.29) is 0 Å². The van der Waals surface area contributed by atoms with Crippen LogP contribution in [-0.4, -0.2) is 19.8 Å². The molecule has 0 aromatic rings. The Labute approximate surface area is 80.2 Å². The first-order valence-corrected chi connectivity index (χ1v) is 5.01. The van der Waals surface area contributed by atoms with Gasteiger partial charge in [-0.2, -0.15) is 0 Å². The van der Waals surface area contributed by atoms with Crippen molar-refractivity contribution in [2.24, 2.45) is 0 Å². The van der Waals surface area contributed by atoms with E-state index in [0.717, 1.165) is 19.8 Å². The normalized spacial score (nSPS) is 20.9. The van der Waals surface area contributed by atoms with E-state index in [0.29, 0.717) is 0 Å². The van der Waals surface area contributed by atoms with Gasteiger partial charge in [0.2, 0.25) is 0 Å². The lowest BCUT2D eigenvalue weighted by Crippen LogP contribution is -1.89. The topological polar surface area (TPSA) is 18.5 Å². The van der Waals surface area contributed by atoms with Crippen molar-refractivity contribution in [3.63, 3.8) is 0 Å². The zero-order valence-electron chi connectivity index (χ0n) is 8.08. The molecule has 2 aliphatic heterocycles. The first kappa shape index (κ1) is 10.3. The lowest BCUT2D eigenvalue weighted by molar-refractivity contribution is 0.144. The van der Waals surface area contributed by atoms with Crippen molar-refractivity contribution in [3.05, 3.63) is 24.5 Å². The summed E-state index contributed by atoms with van der Waals surface area (Å²) in [5.41, 5.74) is 0. The average molecular weight is 182 g/mol. The van der Waals surface area contributed by atoms with Crippen molar-refractivity contribution in [3.8, 4) is 0 Å². The molecule has 0 aromatic carbocycles. The van der Waals surface area contributed by atoms with Crippen molar-refractivity contribution in [2.75, 3.05) is 19.8 Å². The number of hydrogen-bond donors (Lipinski definition) is 0. The molecule has 2 heteroatoms. The standard InChI is InChI=1S/C6H12O.C5H6O/c1-2-4-6-7-5-3-1;1-2-4-6-5-3-1/h1-6H2;1-4H,5H2. The third kappa shape index (κ3) is 6.41. The average Bonchev–Trinajstić information content (AvgIpc) is 2.53. The molecule has 2 nitrogen and oxygen atoms in total. The minimum atomic E-state index is 0.733. The van der Waals surface area contributed by atoms with Gasteiger partial charge in [-0.3, -0.25) is 0 Å². The molecule has 1 fully saturated rings. The van der Waals surface area contributed by atoms with Gasteiger partial charge >= 0.3 is 0 Å². The maximum absolute atomic E-state index is 5.19. The zero-order chi connectivity index (χ0) is 9.19. The molecule has 0 bridgehead atoms. The monoisotopic (exact) mass is 182 g/mol. The highest BCUT2D eigenvalue weighted by Gasteiger charge is 1.95. The van der Waals surface area contributed by atoms with Gasteiger partial charge in [0.15, 0.2) is 0 Å². The highest BCUT2D eigenvalue weighted by molar-refractivity contribution is 5.02. The summed E-state index contributed by atoms with van der Waals surface area (Å²) >= 11 is 0. The predicted octanol–water partition coefficient (Wildman–Crippen LogP) is 2.66. The fourth-order valence-electron chi connectivity index (χ4n) is 1.21. The van der Waals surface area contributed by atoms with Crippen LogP contribution in [0.15, 0.2) is 24.5 Å². The largest absolute Gasteiger partial charge is 0.497 e. The third-order valence-electron chi connectivity index (χ3n) is 1.94. The van der Waals surface area contributed by atoms with Gasteiger partial charge < -0.3 is 9.47 Å². The van der Waals surface area contributed by atoms with Crippen LogP contribution in [0.1, 0.15) is 25.7 Å². The predicted molar refractivity (Wildman–Crippen MR) is 53.5 cm³/mol. The lowest BCUT2D eigenvalue weighted by atomic mass is 10.2. The molecule has 13 heavy (non-hydrogen) atoms. The minimum Gasteiger partial charge on any atom is -0.497 e. The summed E-state index contributed by atoms with van der Waals surface area (Å²) in [4.78, 5) is 0. The quantitative estimate of drug-likeness (QED) is 0.573. The fourth-order valence-corrected chi connectivity index (χ4v) is 1.21. The molecule has 2 aliphatic rings. The van der Waals surface area contributed by atoms with Crippen LogP contribution in [0.3, 0.4) is 0 Å². The van der Waals surface area contributed by atoms with Crippen molar-refractivity contribution in [1.29, 1.82) is 0 Å². The van der Waals surface area contributed by atoms with Crippen LogP contribution in [-0.2, 0) is 9.47 Å². The van der Waals surface area contributed by atoms with Crippen LogP contribution in [0, 0.1) is 0 Å². The molecule has 0 aromatic heterocycles. The van der Waals surface area contributed by atoms with E-state index in [1.54, 1.807) is 6.26 Å². The maximum atomic E-state index is 5.19. The second kappa shape index (κ2) is 7.87.